The first-order valence-corrected chi connectivity index (χ1v) is 5.83. The molecular weight excluding hydrogens is 290 g/mol. The number of nitrogens with one attached hydrogen (secondary N) is 1. The van der Waals surface area contributed by atoms with Crippen LogP contribution >= 0.6 is 15.9 Å². The van der Waals surface area contributed by atoms with Gasteiger partial charge in [0.2, 0.25) is 0 Å². The summed E-state index contributed by atoms with van der Waals surface area (Å²) in [6.07, 6.45) is 0. The Labute approximate surface area is 107 Å². The summed E-state index contributed by atoms with van der Waals surface area (Å²) in [6, 6.07) is 1.69. The Hall–Kier alpha value is -1.43. The summed E-state index contributed by atoms with van der Waals surface area (Å²) in [5.74, 6) is 0.679. The highest BCUT2D eigenvalue weighted by Crippen LogP contribution is 2.44. The Morgan fingerprint density at radius 3 is 2.94 bits per heavy atom. The molecule has 0 amide bonds. The van der Waals surface area contributed by atoms with E-state index in [0.29, 0.717) is 34.7 Å². The van der Waals surface area contributed by atoms with E-state index in [9.17, 15) is 4.79 Å². The Kier molecular flexibility index (Phi) is 3.42. The Morgan fingerprint density at radius 2 is 2.29 bits per heavy atom. The van der Waals surface area contributed by atoms with Crippen LogP contribution in [0.1, 0.15) is 10.4 Å². The Bertz CT molecular complexity index is 461. The number of esters is 1. The van der Waals surface area contributed by atoms with Crippen molar-refractivity contribution in [1.29, 1.82) is 0 Å². The molecule has 0 aliphatic carbocycles. The largest absolute Gasteiger partial charge is 0.492 e. The van der Waals surface area contributed by atoms with Gasteiger partial charge < -0.3 is 19.5 Å². The maximum atomic E-state index is 11.6. The molecule has 0 bridgehead atoms. The fraction of sp³-hybridized carbons (Fsp3) is 0.364. The standard InChI is InChI=1S/C11H12BrNO4/c1-15-10-8(12)6(11(14)16-2)5-7-9(10)17-4-3-13-7/h5,13H,3-4H2,1-2H3. The van der Waals surface area contributed by atoms with Gasteiger partial charge in [-0.1, -0.05) is 0 Å². The lowest BCUT2D eigenvalue weighted by molar-refractivity contribution is 0.0599. The van der Waals surface area contributed by atoms with Gasteiger partial charge in [-0.25, -0.2) is 4.79 Å². The molecule has 0 saturated carbocycles. The summed E-state index contributed by atoms with van der Waals surface area (Å²) >= 11 is 3.33. The van der Waals surface area contributed by atoms with Gasteiger partial charge >= 0.3 is 5.97 Å². The van der Waals surface area contributed by atoms with Gasteiger partial charge in [-0.15, -0.1) is 0 Å². The summed E-state index contributed by atoms with van der Waals surface area (Å²) < 4.78 is 16.0. The van der Waals surface area contributed by atoms with Crippen molar-refractivity contribution in [2.75, 3.05) is 32.7 Å². The van der Waals surface area contributed by atoms with Crippen LogP contribution in [0.25, 0.3) is 0 Å². The Morgan fingerprint density at radius 1 is 1.53 bits per heavy atom. The van der Waals surface area contributed by atoms with Gasteiger partial charge in [0.05, 0.1) is 29.9 Å². The quantitative estimate of drug-likeness (QED) is 0.847. The molecule has 1 aromatic carbocycles. The lowest BCUT2D eigenvalue weighted by Crippen LogP contribution is -2.19. The van der Waals surface area contributed by atoms with Crippen molar-refractivity contribution in [2.24, 2.45) is 0 Å². The molecule has 0 spiro atoms. The fourth-order valence-electron chi connectivity index (χ4n) is 1.67. The topological polar surface area (TPSA) is 56.8 Å². The number of fused-ring (bicyclic) bond motifs is 1. The number of methoxy groups -OCH3 is 2. The number of rotatable bonds is 2. The normalized spacial score (nSPS) is 13.1. The zero-order chi connectivity index (χ0) is 12.4. The molecule has 5 nitrogen and oxygen atoms in total. The summed E-state index contributed by atoms with van der Waals surface area (Å²) in [5, 5.41) is 3.15. The lowest BCUT2D eigenvalue weighted by Gasteiger charge is -2.23. The molecule has 1 aliphatic rings. The van der Waals surface area contributed by atoms with E-state index in [1.54, 1.807) is 6.07 Å². The van der Waals surface area contributed by atoms with Gasteiger partial charge in [-0.05, 0) is 22.0 Å². The van der Waals surface area contributed by atoms with Gasteiger partial charge in [-0.2, -0.15) is 0 Å². The first-order valence-electron chi connectivity index (χ1n) is 5.04. The molecule has 1 aromatic rings. The van der Waals surface area contributed by atoms with Crippen molar-refractivity contribution >= 4 is 27.6 Å². The van der Waals surface area contributed by atoms with E-state index < -0.39 is 5.97 Å². The van der Waals surface area contributed by atoms with Gasteiger partial charge in [0.25, 0.3) is 0 Å². The van der Waals surface area contributed by atoms with Crippen LogP contribution in [-0.2, 0) is 4.74 Å². The SMILES string of the molecule is COC(=O)c1cc2c(c(OC)c1Br)OCCN2. The minimum Gasteiger partial charge on any atom is -0.492 e. The molecule has 6 heteroatoms. The lowest BCUT2D eigenvalue weighted by atomic mass is 10.1. The van der Waals surface area contributed by atoms with Gasteiger partial charge in [0.1, 0.15) is 6.61 Å². The molecular formula is C11H12BrNO4. The predicted octanol–water partition coefficient (Wildman–Crippen LogP) is 2.05. The molecule has 0 unspecified atom stereocenters. The number of anilines is 1. The van der Waals surface area contributed by atoms with Crippen molar-refractivity contribution in [2.45, 2.75) is 0 Å². The molecule has 2 rings (SSSR count). The second-order valence-corrected chi connectivity index (χ2v) is 4.21. The first kappa shape index (κ1) is 12.0. The van der Waals surface area contributed by atoms with Crippen LogP contribution in [0.15, 0.2) is 10.5 Å². The minimum atomic E-state index is -0.426. The monoisotopic (exact) mass is 301 g/mol. The van der Waals surface area contributed by atoms with Crippen LogP contribution in [-0.4, -0.2) is 33.3 Å². The smallest absolute Gasteiger partial charge is 0.339 e. The third-order valence-electron chi connectivity index (χ3n) is 2.45. The van der Waals surface area contributed by atoms with E-state index in [4.69, 9.17) is 14.2 Å². The molecule has 0 fully saturated rings. The van der Waals surface area contributed by atoms with E-state index >= 15 is 0 Å². The summed E-state index contributed by atoms with van der Waals surface area (Å²) in [5.41, 5.74) is 1.14. The van der Waals surface area contributed by atoms with E-state index in [1.807, 2.05) is 0 Å². The third kappa shape index (κ3) is 2.04. The molecule has 1 heterocycles. The first-order chi connectivity index (χ1) is 8.19. The maximum Gasteiger partial charge on any atom is 0.339 e. The average molecular weight is 302 g/mol. The number of halogens is 1. The number of benzene rings is 1. The van der Waals surface area contributed by atoms with Crippen LogP contribution in [0.5, 0.6) is 11.5 Å². The zero-order valence-corrected chi connectivity index (χ0v) is 11.1. The van der Waals surface area contributed by atoms with Gasteiger partial charge in [0.15, 0.2) is 11.5 Å². The number of carbonyl (C=O) groups is 1. The molecule has 92 valence electrons. The zero-order valence-electron chi connectivity index (χ0n) is 9.50. The maximum absolute atomic E-state index is 11.6. The molecule has 0 saturated heterocycles. The Balaban J connectivity index is 2.60. The van der Waals surface area contributed by atoms with Gasteiger partial charge in [0, 0.05) is 6.54 Å². The number of hydrogen-bond donors (Lipinski definition) is 1. The van der Waals surface area contributed by atoms with Crippen LogP contribution in [0, 0.1) is 0 Å². The van der Waals surface area contributed by atoms with E-state index in [-0.39, 0.29) is 0 Å². The second-order valence-electron chi connectivity index (χ2n) is 3.41. The average Bonchev–Trinajstić information content (AvgIpc) is 2.37. The third-order valence-corrected chi connectivity index (χ3v) is 3.24. The molecule has 0 aromatic heterocycles. The predicted molar refractivity (Wildman–Crippen MR) is 66.0 cm³/mol. The van der Waals surface area contributed by atoms with E-state index in [1.165, 1.54) is 14.2 Å². The molecule has 0 atom stereocenters. The number of carbonyl (C=O) groups excluding carboxylic acids is 1. The van der Waals surface area contributed by atoms with Crippen molar-refractivity contribution in [3.63, 3.8) is 0 Å². The summed E-state index contributed by atoms with van der Waals surface area (Å²) in [7, 11) is 2.87. The van der Waals surface area contributed by atoms with Crippen LogP contribution in [0.3, 0.4) is 0 Å². The van der Waals surface area contributed by atoms with Crippen LogP contribution < -0.4 is 14.8 Å². The van der Waals surface area contributed by atoms with Crippen LogP contribution in [0.2, 0.25) is 0 Å². The number of hydrogen-bond acceptors (Lipinski definition) is 5. The second kappa shape index (κ2) is 4.83. The summed E-state index contributed by atoms with van der Waals surface area (Å²) in [6.45, 7) is 1.26. The van der Waals surface area contributed by atoms with Gasteiger partial charge in [-0.3, -0.25) is 0 Å². The molecule has 17 heavy (non-hydrogen) atoms. The van der Waals surface area contributed by atoms with Crippen molar-refractivity contribution in [3.05, 3.63) is 16.1 Å². The van der Waals surface area contributed by atoms with Crippen molar-refractivity contribution in [3.8, 4) is 11.5 Å². The highest BCUT2D eigenvalue weighted by atomic mass is 79.9. The van der Waals surface area contributed by atoms with Crippen molar-refractivity contribution in [1.82, 2.24) is 0 Å². The number of ether oxygens (including phenoxy) is 3. The minimum absolute atomic E-state index is 0.404. The van der Waals surface area contributed by atoms with Crippen LogP contribution in [0.4, 0.5) is 5.69 Å². The molecule has 1 N–H and O–H groups in total. The van der Waals surface area contributed by atoms with Crippen molar-refractivity contribution < 1.29 is 19.0 Å². The highest BCUT2D eigenvalue weighted by molar-refractivity contribution is 9.10. The summed E-state index contributed by atoms with van der Waals surface area (Å²) in [4.78, 5) is 11.6. The van der Waals surface area contributed by atoms with E-state index in [2.05, 4.69) is 21.2 Å². The highest BCUT2D eigenvalue weighted by Gasteiger charge is 2.24. The van der Waals surface area contributed by atoms with E-state index in [0.717, 1.165) is 5.69 Å². The molecule has 0 radical (unpaired) electrons. The fourth-order valence-corrected chi connectivity index (χ4v) is 2.29. The molecule has 1 aliphatic heterocycles.